The maximum Gasteiger partial charge on any atom is 0.0784 e. The van der Waals surface area contributed by atoms with Gasteiger partial charge in [-0.1, -0.05) is 26.2 Å². The number of aliphatic hydroxyl groups is 1. The molecule has 0 aliphatic carbocycles. The average molecular weight is 290 g/mol. The van der Waals surface area contributed by atoms with Crippen molar-refractivity contribution in [3.8, 4) is 0 Å². The number of unbranched alkanes of at least 4 members (excludes halogenated alkanes) is 2. The molecule has 0 aromatic rings. The lowest BCUT2D eigenvalue weighted by Gasteiger charge is -2.22. The van der Waals surface area contributed by atoms with Crippen LogP contribution in [-0.2, 0) is 14.2 Å². The molecule has 0 heterocycles. The van der Waals surface area contributed by atoms with Crippen LogP contribution in [0.1, 0.15) is 60.3 Å². The molecule has 0 rings (SSSR count). The summed E-state index contributed by atoms with van der Waals surface area (Å²) in [5.41, 5.74) is 0. The standard InChI is InChI=1S/C16H34O4/c1-6-7-8-9-13(2)20-16(5)12-19-15(4)11-18-14(3)10-17/h13-17H,6-12H2,1-5H3. The van der Waals surface area contributed by atoms with Crippen LogP contribution < -0.4 is 0 Å². The Bertz CT molecular complexity index is 211. The van der Waals surface area contributed by atoms with Gasteiger partial charge in [-0.15, -0.1) is 0 Å². The van der Waals surface area contributed by atoms with Gasteiger partial charge in [0.2, 0.25) is 0 Å². The second-order valence-corrected chi connectivity index (χ2v) is 5.72. The highest BCUT2D eigenvalue weighted by atomic mass is 16.6. The van der Waals surface area contributed by atoms with E-state index in [1.165, 1.54) is 19.3 Å². The van der Waals surface area contributed by atoms with E-state index in [2.05, 4.69) is 13.8 Å². The van der Waals surface area contributed by atoms with Crippen molar-refractivity contribution < 1.29 is 19.3 Å². The monoisotopic (exact) mass is 290 g/mol. The zero-order valence-electron chi connectivity index (χ0n) is 13.9. The molecule has 0 radical (unpaired) electrons. The lowest BCUT2D eigenvalue weighted by atomic mass is 10.1. The lowest BCUT2D eigenvalue weighted by molar-refractivity contribution is -0.0879. The molecule has 4 unspecified atom stereocenters. The number of hydrogen-bond donors (Lipinski definition) is 1. The molecule has 4 atom stereocenters. The highest BCUT2D eigenvalue weighted by molar-refractivity contribution is 4.58. The molecule has 0 saturated heterocycles. The third-order valence-electron chi connectivity index (χ3n) is 3.17. The average Bonchev–Trinajstić information content (AvgIpc) is 2.42. The minimum atomic E-state index is -0.131. The number of rotatable bonds is 13. The fourth-order valence-corrected chi connectivity index (χ4v) is 1.89. The van der Waals surface area contributed by atoms with Crippen LogP contribution in [0.4, 0.5) is 0 Å². The van der Waals surface area contributed by atoms with Crippen LogP contribution in [0.15, 0.2) is 0 Å². The second kappa shape index (κ2) is 12.6. The number of hydrogen-bond acceptors (Lipinski definition) is 4. The van der Waals surface area contributed by atoms with Crippen molar-refractivity contribution in [2.24, 2.45) is 0 Å². The van der Waals surface area contributed by atoms with Gasteiger partial charge in [0.05, 0.1) is 44.2 Å². The summed E-state index contributed by atoms with van der Waals surface area (Å²) < 4.78 is 17.0. The predicted molar refractivity (Wildman–Crippen MR) is 82.1 cm³/mol. The van der Waals surface area contributed by atoms with Crippen LogP contribution in [0.25, 0.3) is 0 Å². The molecule has 0 aromatic carbocycles. The first-order chi connectivity index (χ1) is 9.49. The van der Waals surface area contributed by atoms with E-state index >= 15 is 0 Å². The summed E-state index contributed by atoms with van der Waals surface area (Å²) in [6.07, 6.45) is 5.15. The Morgan fingerprint density at radius 3 is 2.00 bits per heavy atom. The smallest absolute Gasteiger partial charge is 0.0784 e. The van der Waals surface area contributed by atoms with Gasteiger partial charge in [-0.05, 0) is 34.1 Å². The minimum absolute atomic E-state index is 0.0189. The zero-order chi connectivity index (χ0) is 15.4. The summed E-state index contributed by atoms with van der Waals surface area (Å²) in [6, 6.07) is 0. The SMILES string of the molecule is CCCCCC(C)OC(C)COC(C)COC(C)CO. The molecule has 0 spiro atoms. The highest BCUT2D eigenvalue weighted by Crippen LogP contribution is 2.09. The highest BCUT2D eigenvalue weighted by Gasteiger charge is 2.11. The van der Waals surface area contributed by atoms with Crippen LogP contribution in [0.3, 0.4) is 0 Å². The first-order valence-electron chi connectivity index (χ1n) is 7.99. The Balaban J connectivity index is 3.62. The van der Waals surface area contributed by atoms with Crippen molar-refractivity contribution in [1.82, 2.24) is 0 Å². The van der Waals surface area contributed by atoms with Crippen LogP contribution in [0.5, 0.6) is 0 Å². The van der Waals surface area contributed by atoms with Gasteiger partial charge in [0.15, 0.2) is 0 Å². The summed E-state index contributed by atoms with van der Waals surface area (Å²) in [5.74, 6) is 0. The van der Waals surface area contributed by atoms with E-state index in [0.29, 0.717) is 19.3 Å². The minimum Gasteiger partial charge on any atom is -0.394 e. The largest absolute Gasteiger partial charge is 0.394 e. The van der Waals surface area contributed by atoms with Gasteiger partial charge in [-0.25, -0.2) is 0 Å². The van der Waals surface area contributed by atoms with Gasteiger partial charge in [0.25, 0.3) is 0 Å². The maximum absolute atomic E-state index is 8.87. The van der Waals surface area contributed by atoms with E-state index in [-0.39, 0.29) is 24.9 Å². The molecule has 20 heavy (non-hydrogen) atoms. The van der Waals surface area contributed by atoms with E-state index in [1.54, 1.807) is 0 Å². The van der Waals surface area contributed by atoms with Crippen molar-refractivity contribution in [2.45, 2.75) is 84.7 Å². The zero-order valence-corrected chi connectivity index (χ0v) is 13.9. The normalized spacial score (nSPS) is 17.7. The Labute approximate surface area is 124 Å². The topological polar surface area (TPSA) is 47.9 Å². The first-order valence-corrected chi connectivity index (χ1v) is 7.99. The molecule has 0 aromatic heterocycles. The van der Waals surface area contributed by atoms with Gasteiger partial charge >= 0.3 is 0 Å². The van der Waals surface area contributed by atoms with Crippen molar-refractivity contribution in [2.75, 3.05) is 19.8 Å². The third kappa shape index (κ3) is 11.6. The van der Waals surface area contributed by atoms with Gasteiger partial charge in [0, 0.05) is 0 Å². The molecule has 4 heteroatoms. The predicted octanol–water partition coefficient (Wildman–Crippen LogP) is 3.16. The molecule has 0 fully saturated rings. The van der Waals surface area contributed by atoms with Crippen molar-refractivity contribution in [3.63, 3.8) is 0 Å². The van der Waals surface area contributed by atoms with E-state index in [0.717, 1.165) is 6.42 Å². The molecule has 1 N–H and O–H groups in total. The van der Waals surface area contributed by atoms with Gasteiger partial charge in [0.1, 0.15) is 0 Å². The molecular formula is C16H34O4. The Morgan fingerprint density at radius 1 is 0.800 bits per heavy atom. The fraction of sp³-hybridized carbons (Fsp3) is 1.00. The van der Waals surface area contributed by atoms with Crippen molar-refractivity contribution in [1.29, 1.82) is 0 Å². The summed E-state index contributed by atoms with van der Waals surface area (Å²) in [5, 5.41) is 8.87. The number of aliphatic hydroxyl groups excluding tert-OH is 1. The quantitative estimate of drug-likeness (QED) is 0.529. The molecule has 0 bridgehead atoms. The Hall–Kier alpha value is -0.160. The fourth-order valence-electron chi connectivity index (χ4n) is 1.89. The molecule has 0 amide bonds. The van der Waals surface area contributed by atoms with Crippen molar-refractivity contribution in [3.05, 3.63) is 0 Å². The molecule has 4 nitrogen and oxygen atoms in total. The van der Waals surface area contributed by atoms with E-state index in [1.807, 2.05) is 20.8 Å². The molecule has 0 saturated carbocycles. The number of ether oxygens (including phenoxy) is 3. The molecular weight excluding hydrogens is 256 g/mol. The Kier molecular flexibility index (Phi) is 12.5. The van der Waals surface area contributed by atoms with Crippen LogP contribution in [-0.4, -0.2) is 49.3 Å². The Morgan fingerprint density at radius 2 is 1.40 bits per heavy atom. The van der Waals surface area contributed by atoms with Gasteiger partial charge in [-0.2, -0.15) is 0 Å². The molecule has 0 aliphatic rings. The van der Waals surface area contributed by atoms with Gasteiger partial charge < -0.3 is 19.3 Å². The van der Waals surface area contributed by atoms with Crippen LogP contribution in [0.2, 0.25) is 0 Å². The summed E-state index contributed by atoms with van der Waals surface area (Å²) in [4.78, 5) is 0. The summed E-state index contributed by atoms with van der Waals surface area (Å²) >= 11 is 0. The first kappa shape index (κ1) is 19.8. The third-order valence-corrected chi connectivity index (χ3v) is 3.17. The molecule has 0 aliphatic heterocycles. The van der Waals surface area contributed by atoms with Crippen LogP contribution >= 0.6 is 0 Å². The molecule has 122 valence electrons. The van der Waals surface area contributed by atoms with E-state index < -0.39 is 0 Å². The summed E-state index contributed by atoms with van der Waals surface area (Å²) in [7, 11) is 0. The van der Waals surface area contributed by atoms with E-state index in [4.69, 9.17) is 19.3 Å². The maximum atomic E-state index is 8.87. The van der Waals surface area contributed by atoms with E-state index in [9.17, 15) is 0 Å². The summed E-state index contributed by atoms with van der Waals surface area (Å²) in [6.45, 7) is 11.3. The lowest BCUT2D eigenvalue weighted by Crippen LogP contribution is -2.27. The second-order valence-electron chi connectivity index (χ2n) is 5.72. The van der Waals surface area contributed by atoms with Crippen LogP contribution in [0, 0.1) is 0 Å². The van der Waals surface area contributed by atoms with Crippen molar-refractivity contribution >= 4 is 0 Å². The van der Waals surface area contributed by atoms with Gasteiger partial charge in [-0.3, -0.25) is 0 Å².